The predicted octanol–water partition coefficient (Wildman–Crippen LogP) is -0.138. The molecular formula is C6H18N4. The summed E-state index contributed by atoms with van der Waals surface area (Å²) in [5.41, 5.74) is 9.12. The average Bonchev–Trinajstić information content (AvgIpc) is 1.98. The van der Waals surface area contributed by atoms with E-state index in [-0.39, 0.29) is 0 Å². The highest BCUT2D eigenvalue weighted by atomic mass is 15.8. The van der Waals surface area contributed by atoms with Crippen LogP contribution in [0, 0.1) is 0 Å². The van der Waals surface area contributed by atoms with Gasteiger partial charge in [-0.15, -0.1) is 0 Å². The minimum absolute atomic E-state index is 0.919. The van der Waals surface area contributed by atoms with E-state index in [9.17, 15) is 0 Å². The van der Waals surface area contributed by atoms with Crippen LogP contribution in [0.4, 0.5) is 0 Å². The maximum atomic E-state index is 3.13. The van der Waals surface area contributed by atoms with E-state index in [1.54, 1.807) is 0 Å². The minimum atomic E-state index is 0.919. The zero-order chi connectivity index (χ0) is 7.82. The average molecular weight is 146 g/mol. The molecule has 0 bridgehead atoms. The lowest BCUT2D eigenvalue weighted by Gasteiger charge is -2.21. The van der Waals surface area contributed by atoms with E-state index in [2.05, 4.69) is 30.2 Å². The second-order valence-corrected chi connectivity index (χ2v) is 1.90. The molecule has 0 radical (unpaired) electrons. The van der Waals surface area contributed by atoms with Crippen LogP contribution in [0.2, 0.25) is 0 Å². The van der Waals surface area contributed by atoms with Crippen LogP contribution in [0.3, 0.4) is 0 Å². The Morgan fingerprint density at radius 2 is 1.80 bits per heavy atom. The molecule has 4 nitrogen and oxygen atoms in total. The normalized spacial score (nSPS) is 10.8. The highest BCUT2D eigenvalue weighted by Crippen LogP contribution is 1.69. The summed E-state index contributed by atoms with van der Waals surface area (Å²) < 4.78 is 0. The molecule has 0 aromatic rings. The summed E-state index contributed by atoms with van der Waals surface area (Å²) in [5, 5.41) is 1.91. The van der Waals surface area contributed by atoms with Crippen LogP contribution in [0.1, 0.15) is 20.8 Å². The first-order valence-corrected chi connectivity index (χ1v) is 3.84. The first-order chi connectivity index (χ1) is 4.85. The third-order valence-electron chi connectivity index (χ3n) is 1.06. The Kier molecular flexibility index (Phi) is 6.84. The summed E-state index contributed by atoms with van der Waals surface area (Å²) in [7, 11) is 0. The van der Waals surface area contributed by atoms with Gasteiger partial charge < -0.3 is 0 Å². The van der Waals surface area contributed by atoms with E-state index < -0.39 is 0 Å². The number of rotatable bonds is 6. The first-order valence-electron chi connectivity index (χ1n) is 3.84. The topological polar surface area (TPSA) is 39.3 Å². The third-order valence-corrected chi connectivity index (χ3v) is 1.06. The molecule has 0 unspecified atom stereocenters. The van der Waals surface area contributed by atoms with Gasteiger partial charge in [0.15, 0.2) is 0 Å². The Balaban J connectivity index is 3.21. The van der Waals surface area contributed by atoms with Crippen molar-refractivity contribution in [3.05, 3.63) is 0 Å². The SMILES string of the molecule is CCNNN(CC)NCC. The molecule has 4 heteroatoms. The fraction of sp³-hybridized carbons (Fsp3) is 1.00. The smallest absolute Gasteiger partial charge is 0.0273 e. The third kappa shape index (κ3) is 4.69. The van der Waals surface area contributed by atoms with Gasteiger partial charge in [0.05, 0.1) is 0 Å². The number of nitrogens with zero attached hydrogens (tertiary/aromatic N) is 1. The Bertz CT molecular complexity index is 66.8. The van der Waals surface area contributed by atoms with Crippen LogP contribution < -0.4 is 16.4 Å². The number of hydrogen-bond acceptors (Lipinski definition) is 4. The fourth-order valence-electron chi connectivity index (χ4n) is 0.596. The van der Waals surface area contributed by atoms with Crippen LogP contribution in [0.25, 0.3) is 0 Å². The van der Waals surface area contributed by atoms with E-state index in [0.717, 1.165) is 19.6 Å². The maximum absolute atomic E-state index is 3.13. The molecule has 62 valence electrons. The van der Waals surface area contributed by atoms with Crippen molar-refractivity contribution in [2.75, 3.05) is 19.6 Å². The molecule has 0 fully saturated rings. The standard InChI is InChI=1S/C6H18N4/c1-4-7-9-10(6-3)8-5-2/h7-9H,4-6H2,1-3H3. The number of hydrogen-bond donors (Lipinski definition) is 3. The van der Waals surface area contributed by atoms with Gasteiger partial charge in [0.1, 0.15) is 0 Å². The van der Waals surface area contributed by atoms with Gasteiger partial charge in [-0.25, -0.2) is 10.9 Å². The summed E-state index contributed by atoms with van der Waals surface area (Å²) in [5.74, 6) is 0. The monoisotopic (exact) mass is 146 g/mol. The Hall–Kier alpha value is -0.160. The van der Waals surface area contributed by atoms with Crippen molar-refractivity contribution in [2.45, 2.75) is 20.8 Å². The summed E-state index contributed by atoms with van der Waals surface area (Å²) >= 11 is 0. The fourth-order valence-corrected chi connectivity index (χ4v) is 0.596. The lowest BCUT2D eigenvalue weighted by atomic mass is 10.7. The lowest BCUT2D eigenvalue weighted by molar-refractivity contribution is 0.0973. The van der Waals surface area contributed by atoms with Gasteiger partial charge in [-0.2, -0.15) is 10.7 Å². The molecule has 0 saturated carbocycles. The molecule has 0 aliphatic carbocycles. The first kappa shape index (κ1) is 9.84. The molecular weight excluding hydrogens is 128 g/mol. The molecule has 0 heterocycles. The molecule has 0 amide bonds. The lowest BCUT2D eigenvalue weighted by Crippen LogP contribution is -2.53. The van der Waals surface area contributed by atoms with Crippen molar-refractivity contribution < 1.29 is 0 Å². The van der Waals surface area contributed by atoms with Gasteiger partial charge in [-0.1, -0.05) is 13.8 Å². The molecule has 0 spiro atoms. The van der Waals surface area contributed by atoms with E-state index in [1.165, 1.54) is 0 Å². The van der Waals surface area contributed by atoms with Crippen LogP contribution in [0.5, 0.6) is 0 Å². The maximum Gasteiger partial charge on any atom is 0.0273 e. The quantitative estimate of drug-likeness (QED) is 0.456. The largest absolute Gasteiger partial charge is 0.243 e. The van der Waals surface area contributed by atoms with Gasteiger partial charge in [0.25, 0.3) is 0 Å². The summed E-state index contributed by atoms with van der Waals surface area (Å²) in [6, 6.07) is 0. The van der Waals surface area contributed by atoms with Gasteiger partial charge in [0, 0.05) is 19.6 Å². The van der Waals surface area contributed by atoms with Gasteiger partial charge in [-0.05, 0) is 6.92 Å². The second kappa shape index (κ2) is 6.95. The van der Waals surface area contributed by atoms with Crippen molar-refractivity contribution in [1.82, 2.24) is 21.5 Å². The van der Waals surface area contributed by atoms with Crippen molar-refractivity contribution in [2.24, 2.45) is 0 Å². The summed E-state index contributed by atoms with van der Waals surface area (Å²) in [6.07, 6.45) is 0. The van der Waals surface area contributed by atoms with E-state index in [1.807, 2.05) is 12.0 Å². The Labute approximate surface area is 62.9 Å². The van der Waals surface area contributed by atoms with Crippen molar-refractivity contribution in [3.63, 3.8) is 0 Å². The second-order valence-electron chi connectivity index (χ2n) is 1.90. The van der Waals surface area contributed by atoms with Gasteiger partial charge in [-0.3, -0.25) is 0 Å². The summed E-state index contributed by atoms with van der Waals surface area (Å²) in [4.78, 5) is 0. The molecule has 0 aromatic carbocycles. The van der Waals surface area contributed by atoms with Gasteiger partial charge in [0.2, 0.25) is 0 Å². The molecule has 0 aromatic heterocycles. The van der Waals surface area contributed by atoms with Crippen LogP contribution in [-0.4, -0.2) is 24.8 Å². The van der Waals surface area contributed by atoms with Crippen molar-refractivity contribution >= 4 is 0 Å². The van der Waals surface area contributed by atoms with Gasteiger partial charge >= 0.3 is 0 Å². The zero-order valence-corrected chi connectivity index (χ0v) is 7.07. The van der Waals surface area contributed by atoms with Crippen LogP contribution in [0.15, 0.2) is 0 Å². The van der Waals surface area contributed by atoms with E-state index >= 15 is 0 Å². The number of nitrogens with one attached hydrogen (secondary N) is 3. The Morgan fingerprint density at radius 1 is 1.10 bits per heavy atom. The molecule has 0 atom stereocenters. The molecule has 0 rings (SSSR count). The van der Waals surface area contributed by atoms with Crippen LogP contribution >= 0.6 is 0 Å². The summed E-state index contributed by atoms with van der Waals surface area (Å²) in [6.45, 7) is 8.98. The minimum Gasteiger partial charge on any atom is -0.243 e. The molecule has 0 saturated heterocycles. The van der Waals surface area contributed by atoms with Crippen molar-refractivity contribution in [1.29, 1.82) is 0 Å². The van der Waals surface area contributed by atoms with E-state index in [4.69, 9.17) is 0 Å². The Morgan fingerprint density at radius 3 is 2.20 bits per heavy atom. The zero-order valence-electron chi connectivity index (χ0n) is 7.07. The number of hydrazine groups is 3. The molecule has 10 heavy (non-hydrogen) atoms. The van der Waals surface area contributed by atoms with Crippen LogP contribution in [-0.2, 0) is 0 Å². The van der Waals surface area contributed by atoms with Crippen molar-refractivity contribution in [3.8, 4) is 0 Å². The molecule has 3 N–H and O–H groups in total. The highest BCUT2D eigenvalue weighted by molar-refractivity contribution is 4.35. The molecule has 0 aliphatic rings. The highest BCUT2D eigenvalue weighted by Gasteiger charge is 1.94. The van der Waals surface area contributed by atoms with E-state index in [0.29, 0.717) is 0 Å². The molecule has 0 aliphatic heterocycles. The predicted molar refractivity (Wildman–Crippen MR) is 42.9 cm³/mol.